The molecule has 10 heteroatoms. The highest BCUT2D eigenvalue weighted by Crippen LogP contribution is 2.38. The van der Waals surface area contributed by atoms with Crippen molar-refractivity contribution in [2.24, 2.45) is 10.2 Å². The van der Waals surface area contributed by atoms with Crippen LogP contribution in [0.3, 0.4) is 0 Å². The van der Waals surface area contributed by atoms with Gasteiger partial charge in [-0.3, -0.25) is 4.72 Å². The Kier molecular flexibility index (Phi) is 5.67. The molecule has 0 bridgehead atoms. The molecule has 0 aliphatic carbocycles. The van der Waals surface area contributed by atoms with Gasteiger partial charge in [-0.1, -0.05) is 42.5 Å². The summed E-state index contributed by atoms with van der Waals surface area (Å²) in [5.74, 6) is -1.75. The summed E-state index contributed by atoms with van der Waals surface area (Å²) >= 11 is 0. The van der Waals surface area contributed by atoms with E-state index in [9.17, 15) is 28.5 Å². The number of para-hydroxylation sites is 1. The lowest BCUT2D eigenvalue weighted by Gasteiger charge is -2.11. The largest absolute Gasteiger partial charge is 0.506 e. The number of fused-ring (bicyclic) bond motifs is 1. The second-order valence-corrected chi connectivity index (χ2v) is 8.64. The van der Waals surface area contributed by atoms with Crippen LogP contribution < -0.4 is 4.72 Å². The Hall–Kier alpha value is -4.44. The van der Waals surface area contributed by atoms with Crippen molar-refractivity contribution >= 4 is 43.8 Å². The van der Waals surface area contributed by atoms with Crippen molar-refractivity contribution in [3.8, 4) is 11.5 Å². The normalized spacial score (nSPS) is 11.6. The van der Waals surface area contributed by atoms with Crippen molar-refractivity contribution in [2.45, 2.75) is 4.90 Å². The zero-order chi connectivity index (χ0) is 23.6. The minimum atomic E-state index is -4.21. The van der Waals surface area contributed by atoms with Crippen molar-refractivity contribution < 1.29 is 28.5 Å². The van der Waals surface area contributed by atoms with E-state index in [1.165, 1.54) is 30.3 Å². The second kappa shape index (κ2) is 8.60. The lowest BCUT2D eigenvalue weighted by Crippen LogP contribution is -2.15. The minimum Gasteiger partial charge on any atom is -0.506 e. The van der Waals surface area contributed by atoms with E-state index in [2.05, 4.69) is 15.0 Å². The SMILES string of the molecule is O=C(O)c1ccccc1NS(=O)(=O)c1ccc(O)c(N=Nc2c(O)ccc3ccccc23)c1. The minimum absolute atomic E-state index is 0.109. The predicted octanol–water partition coefficient (Wildman–Crippen LogP) is 5.17. The van der Waals surface area contributed by atoms with Gasteiger partial charge in [0.05, 0.1) is 16.1 Å². The Bertz CT molecular complexity index is 1520. The van der Waals surface area contributed by atoms with Crippen LogP contribution in [0.5, 0.6) is 11.5 Å². The quantitative estimate of drug-likeness (QED) is 0.290. The number of azo groups is 1. The van der Waals surface area contributed by atoms with Gasteiger partial charge in [0.1, 0.15) is 22.9 Å². The van der Waals surface area contributed by atoms with E-state index in [1.54, 1.807) is 18.2 Å². The number of rotatable bonds is 6. The Morgan fingerprint density at radius 1 is 0.818 bits per heavy atom. The van der Waals surface area contributed by atoms with Crippen molar-refractivity contribution in [3.63, 3.8) is 0 Å². The summed E-state index contributed by atoms with van der Waals surface area (Å²) in [6.07, 6.45) is 0. The number of phenols is 2. The molecule has 0 spiro atoms. The van der Waals surface area contributed by atoms with Crippen LogP contribution in [0.2, 0.25) is 0 Å². The average molecular weight is 463 g/mol. The Balaban J connectivity index is 1.71. The smallest absolute Gasteiger partial charge is 0.337 e. The van der Waals surface area contributed by atoms with E-state index in [1.807, 2.05) is 12.1 Å². The van der Waals surface area contributed by atoms with Crippen molar-refractivity contribution in [1.82, 2.24) is 0 Å². The predicted molar refractivity (Wildman–Crippen MR) is 122 cm³/mol. The topological polar surface area (TPSA) is 149 Å². The molecular weight excluding hydrogens is 446 g/mol. The molecule has 0 amide bonds. The first-order chi connectivity index (χ1) is 15.8. The number of hydrogen-bond acceptors (Lipinski definition) is 7. The molecule has 33 heavy (non-hydrogen) atoms. The molecule has 0 aromatic heterocycles. The molecule has 4 aromatic rings. The fourth-order valence-electron chi connectivity index (χ4n) is 3.17. The summed E-state index contributed by atoms with van der Waals surface area (Å²) in [6.45, 7) is 0. The number of aromatic carboxylic acids is 1. The highest BCUT2D eigenvalue weighted by molar-refractivity contribution is 7.92. The van der Waals surface area contributed by atoms with Gasteiger partial charge in [0.15, 0.2) is 0 Å². The van der Waals surface area contributed by atoms with Gasteiger partial charge >= 0.3 is 5.97 Å². The third kappa shape index (κ3) is 4.46. The molecule has 0 saturated carbocycles. The van der Waals surface area contributed by atoms with Crippen LogP contribution >= 0.6 is 0 Å². The fourth-order valence-corrected chi connectivity index (χ4v) is 4.26. The maximum Gasteiger partial charge on any atom is 0.337 e. The van der Waals surface area contributed by atoms with Gasteiger partial charge < -0.3 is 15.3 Å². The molecule has 4 aromatic carbocycles. The first kappa shape index (κ1) is 21.8. The molecule has 0 unspecified atom stereocenters. The summed E-state index contributed by atoms with van der Waals surface area (Å²) in [5, 5.41) is 39.0. The standard InChI is InChI=1S/C23H17N3O6S/c27-20-12-10-15(33(31,32)26-18-8-4-3-7-17(18)23(29)30)13-19(20)24-25-22-16-6-2-1-5-14(16)9-11-21(22)28/h1-13,26-28H,(H,29,30). The van der Waals surface area contributed by atoms with E-state index < -0.39 is 16.0 Å². The molecular formula is C23H17N3O6S. The molecule has 166 valence electrons. The molecule has 0 fully saturated rings. The molecule has 4 N–H and O–H groups in total. The Labute approximate surface area is 188 Å². The number of phenolic OH excluding ortho intramolecular Hbond substituents is 2. The molecule has 0 heterocycles. The van der Waals surface area contributed by atoms with Crippen LogP contribution in [-0.4, -0.2) is 29.7 Å². The van der Waals surface area contributed by atoms with Gasteiger partial charge in [0.25, 0.3) is 10.0 Å². The lowest BCUT2D eigenvalue weighted by molar-refractivity contribution is 0.0698. The third-order valence-electron chi connectivity index (χ3n) is 4.80. The number of benzene rings is 4. The average Bonchev–Trinajstić information content (AvgIpc) is 2.79. The van der Waals surface area contributed by atoms with Gasteiger partial charge in [0.2, 0.25) is 0 Å². The van der Waals surface area contributed by atoms with Crippen LogP contribution in [0, 0.1) is 0 Å². The molecule has 0 radical (unpaired) electrons. The number of carbonyl (C=O) groups is 1. The number of aromatic hydroxyl groups is 2. The van der Waals surface area contributed by atoms with Gasteiger partial charge in [-0.25, -0.2) is 13.2 Å². The van der Waals surface area contributed by atoms with E-state index in [4.69, 9.17) is 0 Å². The van der Waals surface area contributed by atoms with Crippen molar-refractivity contribution in [1.29, 1.82) is 0 Å². The zero-order valence-corrected chi connectivity index (χ0v) is 17.7. The maximum atomic E-state index is 12.8. The van der Waals surface area contributed by atoms with E-state index >= 15 is 0 Å². The number of carboxylic acid groups (broad SMARTS) is 1. The zero-order valence-electron chi connectivity index (χ0n) is 16.9. The Morgan fingerprint density at radius 2 is 1.52 bits per heavy atom. The molecule has 0 atom stereocenters. The van der Waals surface area contributed by atoms with Crippen LogP contribution in [0.4, 0.5) is 17.1 Å². The Morgan fingerprint density at radius 3 is 2.30 bits per heavy atom. The van der Waals surface area contributed by atoms with E-state index in [0.717, 1.165) is 23.6 Å². The van der Waals surface area contributed by atoms with E-state index in [-0.39, 0.29) is 39.0 Å². The summed E-state index contributed by atoms with van der Waals surface area (Å²) in [6, 6.07) is 19.3. The summed E-state index contributed by atoms with van der Waals surface area (Å²) < 4.78 is 27.9. The van der Waals surface area contributed by atoms with Crippen LogP contribution in [0.25, 0.3) is 10.8 Å². The van der Waals surface area contributed by atoms with Gasteiger partial charge in [0, 0.05) is 5.39 Å². The highest BCUT2D eigenvalue weighted by atomic mass is 32.2. The molecule has 0 aliphatic rings. The van der Waals surface area contributed by atoms with Gasteiger partial charge in [-0.2, -0.15) is 0 Å². The first-order valence-corrected chi connectivity index (χ1v) is 11.1. The summed E-state index contributed by atoms with van der Waals surface area (Å²) in [4.78, 5) is 11.1. The van der Waals surface area contributed by atoms with Gasteiger partial charge in [-0.15, -0.1) is 10.2 Å². The van der Waals surface area contributed by atoms with Gasteiger partial charge in [-0.05, 0) is 41.8 Å². The summed E-state index contributed by atoms with van der Waals surface area (Å²) in [5.41, 5.74) is -0.320. The van der Waals surface area contributed by atoms with Crippen LogP contribution in [0.15, 0.2) is 94.0 Å². The second-order valence-electron chi connectivity index (χ2n) is 6.96. The monoisotopic (exact) mass is 463 g/mol. The number of nitrogens with one attached hydrogen (secondary N) is 1. The molecule has 9 nitrogen and oxygen atoms in total. The number of anilines is 1. The fraction of sp³-hybridized carbons (Fsp3) is 0. The molecule has 0 saturated heterocycles. The van der Waals surface area contributed by atoms with Crippen LogP contribution in [0.1, 0.15) is 10.4 Å². The summed E-state index contributed by atoms with van der Waals surface area (Å²) in [7, 11) is -4.21. The molecule has 0 aliphatic heterocycles. The number of sulfonamides is 1. The van der Waals surface area contributed by atoms with Crippen molar-refractivity contribution in [3.05, 3.63) is 84.4 Å². The number of hydrogen-bond donors (Lipinski definition) is 4. The highest BCUT2D eigenvalue weighted by Gasteiger charge is 2.20. The maximum absolute atomic E-state index is 12.8. The molecule has 4 rings (SSSR count). The van der Waals surface area contributed by atoms with Crippen LogP contribution in [-0.2, 0) is 10.0 Å². The number of carboxylic acids is 1. The van der Waals surface area contributed by atoms with E-state index in [0.29, 0.717) is 5.39 Å². The van der Waals surface area contributed by atoms with Crippen molar-refractivity contribution in [2.75, 3.05) is 4.72 Å². The first-order valence-electron chi connectivity index (χ1n) is 9.57. The third-order valence-corrected chi connectivity index (χ3v) is 6.16. The lowest BCUT2D eigenvalue weighted by atomic mass is 10.1. The number of nitrogens with zero attached hydrogens (tertiary/aromatic N) is 2.